The molecule has 0 bridgehead atoms. The van der Waals surface area contributed by atoms with Crippen LogP contribution in [0.5, 0.6) is 0 Å². The Balaban J connectivity index is 3.05. The minimum atomic E-state index is -1.33. The predicted octanol–water partition coefficient (Wildman–Crippen LogP) is 1.06. The number of carbonyl (C=O) groups excluding carboxylic acids is 1. The van der Waals surface area contributed by atoms with Gasteiger partial charge in [-0.15, -0.1) is 6.58 Å². The molecule has 0 amide bonds. The summed E-state index contributed by atoms with van der Waals surface area (Å²) in [6.45, 7) is 3.14. The summed E-state index contributed by atoms with van der Waals surface area (Å²) in [4.78, 5) is 9.31. The van der Waals surface area contributed by atoms with Crippen molar-refractivity contribution in [3.63, 3.8) is 0 Å². The average molecular weight is 88.1 g/mol. The van der Waals surface area contributed by atoms with Crippen molar-refractivity contribution in [1.29, 1.82) is 0 Å². The summed E-state index contributed by atoms with van der Waals surface area (Å²) in [6.07, 6.45) is 1.06. The molecule has 0 aromatic rings. The molecule has 0 radical (unpaired) electrons. The smallest absolute Gasteiger partial charge is 0.261 e. The molecule has 34 valence electrons. The standard InChI is InChI=1S/C4H5FO/c1-2-3-4(5)6/h2H,1,3H2. The van der Waals surface area contributed by atoms with Gasteiger partial charge in [-0.1, -0.05) is 6.08 Å². The molecular weight excluding hydrogens is 83.0 g/mol. The van der Waals surface area contributed by atoms with Crippen LogP contribution in [0.1, 0.15) is 6.42 Å². The van der Waals surface area contributed by atoms with Gasteiger partial charge in [0.25, 0.3) is 0 Å². The van der Waals surface area contributed by atoms with E-state index in [0.717, 1.165) is 0 Å². The second-order valence-electron chi connectivity index (χ2n) is 0.848. The van der Waals surface area contributed by atoms with E-state index in [1.165, 1.54) is 6.08 Å². The van der Waals surface area contributed by atoms with Gasteiger partial charge in [0, 0.05) is 0 Å². The summed E-state index contributed by atoms with van der Waals surface area (Å²) >= 11 is 0. The third-order valence-electron chi connectivity index (χ3n) is 0.305. The summed E-state index contributed by atoms with van der Waals surface area (Å²) in [7, 11) is 0. The monoisotopic (exact) mass is 88.0 g/mol. The lowest BCUT2D eigenvalue weighted by atomic mass is 10.5. The van der Waals surface area contributed by atoms with Crippen LogP contribution in [0.25, 0.3) is 0 Å². The van der Waals surface area contributed by atoms with Crippen LogP contribution in [0.2, 0.25) is 0 Å². The molecule has 2 heteroatoms. The van der Waals surface area contributed by atoms with E-state index in [0.29, 0.717) is 0 Å². The highest BCUT2D eigenvalue weighted by Gasteiger charge is 1.86. The molecule has 0 saturated carbocycles. The zero-order valence-electron chi connectivity index (χ0n) is 3.28. The largest absolute Gasteiger partial charge is 0.305 e. The molecule has 1 nitrogen and oxygen atoms in total. The lowest BCUT2D eigenvalue weighted by molar-refractivity contribution is -0.128. The van der Waals surface area contributed by atoms with Crippen LogP contribution in [-0.4, -0.2) is 6.04 Å². The Morgan fingerprint density at radius 1 is 2.00 bits per heavy atom. The zero-order chi connectivity index (χ0) is 4.99. The lowest BCUT2D eigenvalue weighted by Crippen LogP contribution is -1.79. The SMILES string of the molecule is C=CCC(=O)F. The van der Waals surface area contributed by atoms with Crippen molar-refractivity contribution in [3.05, 3.63) is 12.7 Å². The normalized spacial score (nSPS) is 7.50. The lowest BCUT2D eigenvalue weighted by Gasteiger charge is -1.70. The molecule has 0 saturated heterocycles. The summed E-state index contributed by atoms with van der Waals surface area (Å²) in [5.74, 6) is 0. The highest BCUT2D eigenvalue weighted by Crippen LogP contribution is 1.80. The first-order valence-corrected chi connectivity index (χ1v) is 1.56. The maximum atomic E-state index is 11.0. The highest BCUT2D eigenvalue weighted by atomic mass is 19.1. The van der Waals surface area contributed by atoms with Gasteiger partial charge in [0.1, 0.15) is 0 Å². The van der Waals surface area contributed by atoms with E-state index in [1.807, 2.05) is 0 Å². The Bertz CT molecular complexity index is 67.9. The van der Waals surface area contributed by atoms with Crippen LogP contribution in [0.4, 0.5) is 4.39 Å². The summed E-state index contributed by atoms with van der Waals surface area (Å²) in [5.41, 5.74) is 0. The second kappa shape index (κ2) is 2.57. The van der Waals surface area contributed by atoms with E-state index < -0.39 is 6.04 Å². The van der Waals surface area contributed by atoms with Gasteiger partial charge in [0.05, 0.1) is 6.42 Å². The van der Waals surface area contributed by atoms with Crippen molar-refractivity contribution >= 4 is 6.04 Å². The Hall–Kier alpha value is -0.660. The first kappa shape index (κ1) is 5.34. The minimum Gasteiger partial charge on any atom is -0.261 e. The number of hydrogen-bond acceptors (Lipinski definition) is 1. The number of carbonyl (C=O) groups is 1. The molecule has 0 fully saturated rings. The number of allylic oxidation sites excluding steroid dienone is 1. The Morgan fingerprint density at radius 3 is 2.50 bits per heavy atom. The van der Waals surface area contributed by atoms with Crippen LogP contribution < -0.4 is 0 Å². The number of rotatable bonds is 2. The fraction of sp³-hybridized carbons (Fsp3) is 0.250. The molecule has 0 aliphatic heterocycles. The van der Waals surface area contributed by atoms with Crippen molar-refractivity contribution in [2.45, 2.75) is 6.42 Å². The minimum absolute atomic E-state index is 0.167. The summed E-state index contributed by atoms with van der Waals surface area (Å²) < 4.78 is 11.0. The first-order valence-electron chi connectivity index (χ1n) is 1.56. The van der Waals surface area contributed by atoms with Crippen molar-refractivity contribution in [2.24, 2.45) is 0 Å². The molecule has 0 spiro atoms. The van der Waals surface area contributed by atoms with Gasteiger partial charge >= 0.3 is 6.04 Å². The Kier molecular flexibility index (Phi) is 2.29. The molecular formula is C4H5FO. The quantitative estimate of drug-likeness (QED) is 0.364. The maximum absolute atomic E-state index is 11.0. The Morgan fingerprint density at radius 2 is 2.50 bits per heavy atom. The summed E-state index contributed by atoms with van der Waals surface area (Å²) in [6, 6.07) is -1.33. The van der Waals surface area contributed by atoms with Crippen molar-refractivity contribution < 1.29 is 9.18 Å². The van der Waals surface area contributed by atoms with E-state index in [-0.39, 0.29) is 6.42 Å². The van der Waals surface area contributed by atoms with Crippen LogP contribution in [0, 0.1) is 0 Å². The molecule has 0 aliphatic rings. The van der Waals surface area contributed by atoms with Gasteiger partial charge in [0.2, 0.25) is 0 Å². The van der Waals surface area contributed by atoms with E-state index in [1.54, 1.807) is 0 Å². The van der Waals surface area contributed by atoms with Crippen LogP contribution in [0.15, 0.2) is 12.7 Å². The first-order chi connectivity index (χ1) is 2.77. The molecule has 6 heavy (non-hydrogen) atoms. The van der Waals surface area contributed by atoms with Crippen LogP contribution >= 0.6 is 0 Å². The van der Waals surface area contributed by atoms with Gasteiger partial charge in [0.15, 0.2) is 0 Å². The van der Waals surface area contributed by atoms with Gasteiger partial charge in [-0.3, -0.25) is 4.79 Å². The molecule has 0 aromatic carbocycles. The topological polar surface area (TPSA) is 17.1 Å². The number of hydrogen-bond donors (Lipinski definition) is 0. The third kappa shape index (κ3) is 3.34. The van der Waals surface area contributed by atoms with E-state index in [2.05, 4.69) is 6.58 Å². The predicted molar refractivity (Wildman–Crippen MR) is 20.9 cm³/mol. The fourth-order valence-corrected chi connectivity index (χ4v) is 0.113. The molecule has 0 N–H and O–H groups in total. The van der Waals surface area contributed by atoms with Gasteiger partial charge in [-0.2, -0.15) is 4.39 Å². The third-order valence-corrected chi connectivity index (χ3v) is 0.305. The molecule has 0 heterocycles. The van der Waals surface area contributed by atoms with Gasteiger partial charge in [-0.05, 0) is 0 Å². The average Bonchev–Trinajstić information content (AvgIpc) is 1.35. The van der Waals surface area contributed by atoms with Crippen LogP contribution in [-0.2, 0) is 4.79 Å². The van der Waals surface area contributed by atoms with Crippen LogP contribution in [0.3, 0.4) is 0 Å². The molecule has 0 aliphatic carbocycles. The fourth-order valence-electron chi connectivity index (χ4n) is 0.113. The number of halogens is 1. The van der Waals surface area contributed by atoms with E-state index in [4.69, 9.17) is 0 Å². The van der Waals surface area contributed by atoms with Crippen molar-refractivity contribution in [2.75, 3.05) is 0 Å². The molecule has 0 rings (SSSR count). The zero-order valence-corrected chi connectivity index (χ0v) is 3.28. The highest BCUT2D eigenvalue weighted by molar-refractivity contribution is 5.69. The molecule has 0 unspecified atom stereocenters. The molecule has 0 aromatic heterocycles. The van der Waals surface area contributed by atoms with E-state index in [9.17, 15) is 9.18 Å². The summed E-state index contributed by atoms with van der Waals surface area (Å²) in [5, 5.41) is 0. The van der Waals surface area contributed by atoms with Gasteiger partial charge in [-0.25, -0.2) is 0 Å². The Labute approximate surface area is 35.5 Å². The second-order valence-corrected chi connectivity index (χ2v) is 0.848. The van der Waals surface area contributed by atoms with Crippen molar-refractivity contribution in [1.82, 2.24) is 0 Å². The van der Waals surface area contributed by atoms with Crippen molar-refractivity contribution in [3.8, 4) is 0 Å². The maximum Gasteiger partial charge on any atom is 0.305 e. The molecule has 0 atom stereocenters. The van der Waals surface area contributed by atoms with E-state index >= 15 is 0 Å². The van der Waals surface area contributed by atoms with Gasteiger partial charge < -0.3 is 0 Å².